The third-order valence-electron chi connectivity index (χ3n) is 3.70. The first-order valence-corrected chi connectivity index (χ1v) is 9.16. The number of aliphatic imine (C=N–C) groups is 1. The Morgan fingerprint density at radius 1 is 1.00 bits per heavy atom. The molecule has 0 bridgehead atoms. The van der Waals surface area contributed by atoms with E-state index in [1.165, 1.54) is 0 Å². The zero-order chi connectivity index (χ0) is 18.4. The first-order valence-electron chi connectivity index (χ1n) is 7.99. The molecular formula is C21H17BrClNO2. The van der Waals surface area contributed by atoms with Gasteiger partial charge in [0, 0.05) is 11.2 Å². The summed E-state index contributed by atoms with van der Waals surface area (Å²) in [4.78, 5) is 4.47. The van der Waals surface area contributed by atoms with Crippen molar-refractivity contribution >= 4 is 39.4 Å². The molecule has 0 fully saturated rings. The lowest BCUT2D eigenvalue weighted by Gasteiger charge is -2.09. The summed E-state index contributed by atoms with van der Waals surface area (Å²) >= 11 is 9.45. The first-order chi connectivity index (χ1) is 12.6. The van der Waals surface area contributed by atoms with Gasteiger partial charge in [-0.1, -0.05) is 23.7 Å². The molecule has 3 nitrogen and oxygen atoms in total. The van der Waals surface area contributed by atoms with Gasteiger partial charge >= 0.3 is 0 Å². The summed E-state index contributed by atoms with van der Waals surface area (Å²) in [7, 11) is 1.65. The van der Waals surface area contributed by atoms with E-state index in [-0.39, 0.29) is 0 Å². The lowest BCUT2D eigenvalue weighted by Crippen LogP contribution is -1.96. The number of hydrogen-bond donors (Lipinski definition) is 0. The van der Waals surface area contributed by atoms with Crippen molar-refractivity contribution < 1.29 is 9.47 Å². The molecule has 0 saturated heterocycles. The van der Waals surface area contributed by atoms with Crippen molar-refractivity contribution in [3.63, 3.8) is 0 Å². The Morgan fingerprint density at radius 3 is 2.38 bits per heavy atom. The van der Waals surface area contributed by atoms with Gasteiger partial charge in [0.25, 0.3) is 0 Å². The van der Waals surface area contributed by atoms with E-state index in [1.54, 1.807) is 7.11 Å². The Morgan fingerprint density at radius 2 is 1.73 bits per heavy atom. The third-order valence-corrected chi connectivity index (χ3v) is 4.57. The fraction of sp³-hybridized carbons (Fsp3) is 0.0952. The molecule has 3 aromatic carbocycles. The van der Waals surface area contributed by atoms with Gasteiger partial charge in [-0.25, -0.2) is 0 Å². The van der Waals surface area contributed by atoms with Gasteiger partial charge in [0.1, 0.15) is 18.1 Å². The Labute approximate surface area is 166 Å². The van der Waals surface area contributed by atoms with Gasteiger partial charge in [-0.2, -0.15) is 0 Å². The van der Waals surface area contributed by atoms with Crippen LogP contribution in [0.4, 0.5) is 5.69 Å². The molecule has 0 heterocycles. The van der Waals surface area contributed by atoms with E-state index in [0.29, 0.717) is 6.61 Å². The molecule has 0 unspecified atom stereocenters. The molecule has 0 aliphatic heterocycles. The molecule has 3 aromatic rings. The number of nitrogens with zero attached hydrogens (tertiary/aromatic N) is 1. The highest BCUT2D eigenvalue weighted by molar-refractivity contribution is 9.10. The zero-order valence-corrected chi connectivity index (χ0v) is 16.5. The van der Waals surface area contributed by atoms with Crippen LogP contribution in [0.3, 0.4) is 0 Å². The van der Waals surface area contributed by atoms with Crippen LogP contribution in [0.1, 0.15) is 11.1 Å². The molecule has 3 rings (SSSR count). The SMILES string of the molecule is COc1ccc(N=Cc2ccc(OCc3ccc(Cl)cc3)c(Br)c2)cc1. The van der Waals surface area contributed by atoms with Gasteiger partial charge in [-0.3, -0.25) is 4.99 Å². The summed E-state index contributed by atoms with van der Waals surface area (Å²) in [6.45, 7) is 0.481. The second-order valence-corrected chi connectivity index (χ2v) is 6.85. The van der Waals surface area contributed by atoms with Gasteiger partial charge in [0.05, 0.1) is 17.3 Å². The highest BCUT2D eigenvalue weighted by atomic mass is 79.9. The molecule has 0 aliphatic carbocycles. The molecule has 132 valence electrons. The van der Waals surface area contributed by atoms with Crippen molar-refractivity contribution in [1.29, 1.82) is 0 Å². The maximum Gasteiger partial charge on any atom is 0.134 e. The minimum absolute atomic E-state index is 0.481. The highest BCUT2D eigenvalue weighted by Gasteiger charge is 2.03. The molecule has 0 aromatic heterocycles. The van der Waals surface area contributed by atoms with Gasteiger partial charge in [0.15, 0.2) is 0 Å². The van der Waals surface area contributed by atoms with Crippen LogP contribution in [0.2, 0.25) is 5.02 Å². The van der Waals surface area contributed by atoms with Crippen molar-refractivity contribution in [2.24, 2.45) is 4.99 Å². The minimum Gasteiger partial charge on any atom is -0.497 e. The summed E-state index contributed by atoms with van der Waals surface area (Å²) in [5.41, 5.74) is 2.91. The van der Waals surface area contributed by atoms with Gasteiger partial charge in [0.2, 0.25) is 0 Å². The molecule has 0 atom stereocenters. The van der Waals surface area contributed by atoms with Gasteiger partial charge < -0.3 is 9.47 Å². The molecule has 5 heteroatoms. The van der Waals surface area contributed by atoms with E-state index in [1.807, 2.05) is 72.9 Å². The van der Waals surface area contributed by atoms with Crippen LogP contribution in [-0.4, -0.2) is 13.3 Å². The molecule has 0 aliphatic rings. The Bertz CT molecular complexity index is 893. The van der Waals surface area contributed by atoms with Crippen LogP contribution in [0.15, 0.2) is 76.2 Å². The number of hydrogen-bond acceptors (Lipinski definition) is 3. The van der Waals surface area contributed by atoms with Crippen LogP contribution >= 0.6 is 27.5 Å². The predicted molar refractivity (Wildman–Crippen MR) is 110 cm³/mol. The summed E-state index contributed by atoms with van der Waals surface area (Å²) in [5, 5.41) is 0.718. The Kier molecular flexibility index (Phi) is 6.31. The second-order valence-electron chi connectivity index (χ2n) is 5.56. The fourth-order valence-electron chi connectivity index (χ4n) is 2.27. The third kappa shape index (κ3) is 5.10. The lowest BCUT2D eigenvalue weighted by atomic mass is 10.2. The monoisotopic (exact) mass is 429 g/mol. The highest BCUT2D eigenvalue weighted by Crippen LogP contribution is 2.27. The number of halogens is 2. The maximum absolute atomic E-state index is 5.89. The lowest BCUT2D eigenvalue weighted by molar-refractivity contribution is 0.304. The van der Waals surface area contributed by atoms with Crippen LogP contribution < -0.4 is 9.47 Å². The Hall–Kier alpha value is -2.30. The molecular weight excluding hydrogens is 414 g/mol. The summed E-state index contributed by atoms with van der Waals surface area (Å²) in [6, 6.07) is 21.1. The van der Waals surface area contributed by atoms with Crippen molar-refractivity contribution in [2.45, 2.75) is 6.61 Å². The quantitative estimate of drug-likeness (QED) is 0.421. The first kappa shape index (κ1) is 18.5. The average molecular weight is 431 g/mol. The van der Waals surface area contributed by atoms with E-state index in [2.05, 4.69) is 20.9 Å². The van der Waals surface area contributed by atoms with Gasteiger partial charge in [-0.05, 0) is 81.7 Å². The number of rotatable bonds is 6. The largest absolute Gasteiger partial charge is 0.497 e. The van der Waals surface area contributed by atoms with E-state index in [0.717, 1.165) is 37.8 Å². The molecule has 0 amide bonds. The molecule has 26 heavy (non-hydrogen) atoms. The summed E-state index contributed by atoms with van der Waals surface area (Å²) < 4.78 is 11.9. The number of ether oxygens (including phenoxy) is 2. The van der Waals surface area contributed by atoms with Crippen molar-refractivity contribution in [3.8, 4) is 11.5 Å². The van der Waals surface area contributed by atoms with Crippen molar-refractivity contribution in [3.05, 3.63) is 87.4 Å². The predicted octanol–water partition coefficient (Wildman–Crippen LogP) is 6.44. The maximum atomic E-state index is 5.89. The van der Waals surface area contributed by atoms with E-state index in [9.17, 15) is 0 Å². The number of methoxy groups -OCH3 is 1. The number of benzene rings is 3. The van der Waals surface area contributed by atoms with Crippen LogP contribution in [0.5, 0.6) is 11.5 Å². The molecule has 0 N–H and O–H groups in total. The van der Waals surface area contributed by atoms with Crippen molar-refractivity contribution in [2.75, 3.05) is 7.11 Å². The summed E-state index contributed by atoms with van der Waals surface area (Å²) in [5.74, 6) is 1.59. The smallest absolute Gasteiger partial charge is 0.134 e. The molecule has 0 saturated carbocycles. The van der Waals surface area contributed by atoms with E-state index < -0.39 is 0 Å². The Balaban J connectivity index is 1.64. The van der Waals surface area contributed by atoms with Gasteiger partial charge in [-0.15, -0.1) is 0 Å². The van der Waals surface area contributed by atoms with E-state index >= 15 is 0 Å². The second kappa shape index (κ2) is 8.88. The minimum atomic E-state index is 0.481. The normalized spacial score (nSPS) is 10.9. The molecule has 0 radical (unpaired) electrons. The molecule has 0 spiro atoms. The van der Waals surface area contributed by atoms with Crippen molar-refractivity contribution in [1.82, 2.24) is 0 Å². The van der Waals surface area contributed by atoms with Crippen LogP contribution in [-0.2, 0) is 6.61 Å². The standard InChI is InChI=1S/C21H17BrClNO2/c1-25-19-9-7-18(8-10-19)24-13-16-4-11-21(20(22)12-16)26-14-15-2-5-17(23)6-3-15/h2-13H,14H2,1H3. The fourth-order valence-corrected chi connectivity index (χ4v) is 2.91. The van der Waals surface area contributed by atoms with Crippen LogP contribution in [0, 0.1) is 0 Å². The van der Waals surface area contributed by atoms with E-state index in [4.69, 9.17) is 21.1 Å². The topological polar surface area (TPSA) is 30.8 Å². The van der Waals surface area contributed by atoms with Crippen LogP contribution in [0.25, 0.3) is 0 Å². The zero-order valence-electron chi connectivity index (χ0n) is 14.2. The summed E-state index contributed by atoms with van der Waals surface area (Å²) in [6.07, 6.45) is 1.82. The average Bonchev–Trinajstić information content (AvgIpc) is 2.67.